The minimum Gasteiger partial charge on any atom is -0.477 e. The van der Waals surface area contributed by atoms with E-state index in [1.807, 2.05) is 59.8 Å². The van der Waals surface area contributed by atoms with E-state index in [-0.39, 0.29) is 5.91 Å². The summed E-state index contributed by atoms with van der Waals surface area (Å²) in [4.78, 5) is 23.1. The van der Waals surface area contributed by atoms with E-state index in [1.165, 1.54) is 6.33 Å². The molecule has 0 N–H and O–H groups in total. The van der Waals surface area contributed by atoms with Crippen LogP contribution in [0, 0.1) is 19.8 Å². The van der Waals surface area contributed by atoms with Crippen molar-refractivity contribution in [3.05, 3.63) is 65.9 Å². The number of hydrogen-bond donors (Lipinski definition) is 0. The lowest BCUT2D eigenvalue weighted by Gasteiger charge is -2.31. The maximum Gasteiger partial charge on any atom is 0.257 e. The van der Waals surface area contributed by atoms with Crippen LogP contribution >= 0.6 is 0 Å². The molecule has 1 aliphatic heterocycles. The number of rotatable bonds is 5. The molecule has 29 heavy (non-hydrogen) atoms. The highest BCUT2D eigenvalue weighted by atomic mass is 16.5. The van der Waals surface area contributed by atoms with E-state index in [0.717, 1.165) is 43.0 Å². The summed E-state index contributed by atoms with van der Waals surface area (Å²) < 4.78 is 7.63. The zero-order valence-corrected chi connectivity index (χ0v) is 16.8. The molecule has 0 atom stereocenters. The third-order valence-electron chi connectivity index (χ3n) is 5.39. The Labute approximate surface area is 170 Å². The van der Waals surface area contributed by atoms with Crippen LogP contribution in [0.4, 0.5) is 0 Å². The van der Waals surface area contributed by atoms with E-state index < -0.39 is 0 Å². The fourth-order valence-corrected chi connectivity index (χ4v) is 3.63. The van der Waals surface area contributed by atoms with Crippen molar-refractivity contribution < 1.29 is 9.53 Å². The number of aromatic nitrogens is 4. The van der Waals surface area contributed by atoms with Crippen LogP contribution in [0.5, 0.6) is 5.88 Å². The minimum atomic E-state index is 0.0514. The van der Waals surface area contributed by atoms with Crippen molar-refractivity contribution in [3.63, 3.8) is 0 Å². The Hall–Kier alpha value is -3.22. The molecule has 0 aliphatic carbocycles. The fraction of sp³-hybridized carbons (Fsp3) is 0.364. The molecule has 7 heteroatoms. The van der Waals surface area contributed by atoms with Gasteiger partial charge < -0.3 is 9.64 Å². The molecule has 4 rings (SSSR count). The molecule has 0 bridgehead atoms. The molecular weight excluding hydrogens is 366 g/mol. The van der Waals surface area contributed by atoms with Crippen molar-refractivity contribution in [1.82, 2.24) is 24.6 Å². The zero-order chi connectivity index (χ0) is 20.2. The molecule has 1 aliphatic rings. The lowest BCUT2D eigenvalue weighted by atomic mass is 9.97. The van der Waals surface area contributed by atoms with Gasteiger partial charge in [0.05, 0.1) is 29.7 Å². The summed E-state index contributed by atoms with van der Waals surface area (Å²) in [7, 11) is 0. The SMILES string of the molecule is Cc1cc(OCC2CCN(C(=O)c3cnn(-c4ccccc4)c3C)CC2)ncn1. The van der Waals surface area contributed by atoms with Gasteiger partial charge in [0.1, 0.15) is 6.33 Å². The number of likely N-dealkylation sites (tertiary alicyclic amines) is 1. The molecule has 0 spiro atoms. The van der Waals surface area contributed by atoms with E-state index in [0.29, 0.717) is 24.0 Å². The zero-order valence-electron chi connectivity index (χ0n) is 16.8. The molecule has 7 nitrogen and oxygen atoms in total. The summed E-state index contributed by atoms with van der Waals surface area (Å²) in [5, 5.41) is 4.42. The first-order valence-electron chi connectivity index (χ1n) is 9.92. The second-order valence-corrected chi connectivity index (χ2v) is 7.44. The van der Waals surface area contributed by atoms with E-state index in [4.69, 9.17) is 4.74 Å². The van der Waals surface area contributed by atoms with Crippen LogP contribution in [-0.4, -0.2) is 50.3 Å². The molecule has 0 radical (unpaired) electrons. The van der Waals surface area contributed by atoms with Crippen LogP contribution in [0.15, 0.2) is 48.9 Å². The predicted molar refractivity (Wildman–Crippen MR) is 109 cm³/mol. The molecule has 2 aromatic heterocycles. The molecular formula is C22H25N5O2. The fourth-order valence-electron chi connectivity index (χ4n) is 3.63. The van der Waals surface area contributed by atoms with Gasteiger partial charge in [0.15, 0.2) is 0 Å². The summed E-state index contributed by atoms with van der Waals surface area (Å²) in [6.45, 7) is 5.93. The highest BCUT2D eigenvalue weighted by Gasteiger charge is 2.26. The first-order valence-corrected chi connectivity index (χ1v) is 9.92. The highest BCUT2D eigenvalue weighted by molar-refractivity contribution is 5.95. The number of hydrogen-bond acceptors (Lipinski definition) is 5. The van der Waals surface area contributed by atoms with E-state index in [9.17, 15) is 4.79 Å². The van der Waals surface area contributed by atoms with Gasteiger partial charge in [-0.2, -0.15) is 5.10 Å². The second kappa shape index (κ2) is 8.43. The van der Waals surface area contributed by atoms with Gasteiger partial charge >= 0.3 is 0 Å². The molecule has 0 saturated carbocycles. The molecule has 1 saturated heterocycles. The molecule has 3 aromatic rings. The topological polar surface area (TPSA) is 73.1 Å². The Bertz CT molecular complexity index is 978. The summed E-state index contributed by atoms with van der Waals surface area (Å²) in [6.07, 6.45) is 5.03. The third kappa shape index (κ3) is 4.29. The number of aryl methyl sites for hydroxylation is 1. The van der Waals surface area contributed by atoms with Gasteiger partial charge in [0.25, 0.3) is 5.91 Å². The van der Waals surface area contributed by atoms with Crippen molar-refractivity contribution in [2.45, 2.75) is 26.7 Å². The van der Waals surface area contributed by atoms with E-state index in [1.54, 1.807) is 6.20 Å². The van der Waals surface area contributed by atoms with Crippen LogP contribution in [0.25, 0.3) is 5.69 Å². The molecule has 0 unspecified atom stereocenters. The normalized spacial score (nSPS) is 14.8. The summed E-state index contributed by atoms with van der Waals surface area (Å²) >= 11 is 0. The predicted octanol–water partition coefficient (Wildman–Crippen LogP) is 3.21. The van der Waals surface area contributed by atoms with Gasteiger partial charge in [-0.25, -0.2) is 14.6 Å². The maximum absolute atomic E-state index is 13.0. The van der Waals surface area contributed by atoms with Crippen LogP contribution in [-0.2, 0) is 0 Å². The van der Waals surface area contributed by atoms with Crippen molar-refractivity contribution in [2.24, 2.45) is 5.92 Å². The lowest BCUT2D eigenvalue weighted by molar-refractivity contribution is 0.0658. The quantitative estimate of drug-likeness (QED) is 0.668. The Morgan fingerprint density at radius 3 is 2.62 bits per heavy atom. The van der Waals surface area contributed by atoms with E-state index in [2.05, 4.69) is 15.1 Å². The molecule has 3 heterocycles. The minimum absolute atomic E-state index is 0.0514. The van der Waals surface area contributed by atoms with Crippen molar-refractivity contribution in [1.29, 1.82) is 0 Å². The lowest BCUT2D eigenvalue weighted by Crippen LogP contribution is -2.39. The number of piperidine rings is 1. The van der Waals surface area contributed by atoms with Crippen LogP contribution in [0.3, 0.4) is 0 Å². The maximum atomic E-state index is 13.0. The average molecular weight is 391 g/mol. The standard InChI is InChI=1S/C22H25N5O2/c1-16-12-21(24-15-23-16)29-14-18-8-10-26(11-9-18)22(28)20-13-25-27(17(20)2)19-6-4-3-5-7-19/h3-7,12-13,15,18H,8-11,14H2,1-2H3. The number of nitrogens with zero attached hydrogens (tertiary/aromatic N) is 5. The van der Waals surface area contributed by atoms with Gasteiger partial charge in [0, 0.05) is 24.8 Å². The van der Waals surface area contributed by atoms with Crippen molar-refractivity contribution in [3.8, 4) is 11.6 Å². The smallest absolute Gasteiger partial charge is 0.257 e. The third-order valence-corrected chi connectivity index (χ3v) is 5.39. The van der Waals surface area contributed by atoms with Crippen molar-refractivity contribution >= 4 is 5.91 Å². The van der Waals surface area contributed by atoms with Crippen molar-refractivity contribution in [2.75, 3.05) is 19.7 Å². The Morgan fingerprint density at radius 2 is 1.90 bits per heavy atom. The molecule has 1 fully saturated rings. The van der Waals surface area contributed by atoms with Crippen LogP contribution in [0.1, 0.15) is 34.6 Å². The number of carbonyl (C=O) groups excluding carboxylic acids is 1. The molecule has 1 amide bonds. The first-order chi connectivity index (χ1) is 14.1. The first kappa shape index (κ1) is 19.1. The van der Waals surface area contributed by atoms with Gasteiger partial charge in [0.2, 0.25) is 5.88 Å². The van der Waals surface area contributed by atoms with Gasteiger partial charge in [-0.15, -0.1) is 0 Å². The van der Waals surface area contributed by atoms with Gasteiger partial charge in [-0.3, -0.25) is 4.79 Å². The van der Waals surface area contributed by atoms with Crippen LogP contribution in [0.2, 0.25) is 0 Å². The molecule has 150 valence electrons. The highest BCUT2D eigenvalue weighted by Crippen LogP contribution is 2.22. The van der Waals surface area contributed by atoms with Gasteiger partial charge in [-0.1, -0.05) is 18.2 Å². The number of para-hydroxylation sites is 1. The molecule has 1 aromatic carbocycles. The Morgan fingerprint density at radius 1 is 1.14 bits per heavy atom. The van der Waals surface area contributed by atoms with Gasteiger partial charge in [-0.05, 0) is 44.7 Å². The average Bonchev–Trinajstić information content (AvgIpc) is 3.14. The van der Waals surface area contributed by atoms with E-state index >= 15 is 0 Å². The second-order valence-electron chi connectivity index (χ2n) is 7.44. The largest absolute Gasteiger partial charge is 0.477 e. The Kier molecular flexibility index (Phi) is 5.55. The number of ether oxygens (including phenoxy) is 1. The Balaban J connectivity index is 1.34. The van der Waals surface area contributed by atoms with Crippen LogP contribution < -0.4 is 4.74 Å². The number of carbonyl (C=O) groups is 1. The summed E-state index contributed by atoms with van der Waals surface area (Å²) in [5.74, 6) is 1.08. The summed E-state index contributed by atoms with van der Waals surface area (Å²) in [5.41, 5.74) is 3.38. The summed E-state index contributed by atoms with van der Waals surface area (Å²) in [6, 6.07) is 11.7. The monoisotopic (exact) mass is 391 g/mol. The number of amides is 1. The number of benzene rings is 1.